The molecule has 1 aromatic heterocycles. The first kappa shape index (κ1) is 21.0. The van der Waals surface area contributed by atoms with Gasteiger partial charge in [-0.2, -0.15) is 0 Å². The quantitative estimate of drug-likeness (QED) is 0.703. The second kappa shape index (κ2) is 7.81. The second-order valence-corrected chi connectivity index (χ2v) is 9.33. The van der Waals surface area contributed by atoms with Gasteiger partial charge in [-0.25, -0.2) is 14.6 Å². The third-order valence-corrected chi connectivity index (χ3v) is 6.04. The van der Waals surface area contributed by atoms with Crippen molar-refractivity contribution in [2.45, 2.75) is 51.3 Å². The number of nitrogens with zero attached hydrogens (tertiary/aromatic N) is 2. The zero-order chi connectivity index (χ0) is 22.3. The molecule has 0 spiro atoms. The summed E-state index contributed by atoms with van der Waals surface area (Å²) in [5.41, 5.74) is 1.30. The van der Waals surface area contributed by atoms with Crippen LogP contribution in [0.2, 0.25) is 0 Å². The Bertz CT molecular complexity index is 1070. The molecule has 31 heavy (non-hydrogen) atoms. The molecule has 162 valence electrons. The normalized spacial score (nSPS) is 20.7. The van der Waals surface area contributed by atoms with Gasteiger partial charge in [0.25, 0.3) is 5.91 Å². The summed E-state index contributed by atoms with van der Waals surface area (Å²) in [5.74, 6) is -1.64. The molecule has 0 unspecified atom stereocenters. The lowest BCUT2D eigenvalue weighted by Gasteiger charge is -2.50. The molecular formula is C22H23N3O5S. The van der Waals surface area contributed by atoms with Crippen molar-refractivity contribution < 1.29 is 24.2 Å². The number of amides is 2. The van der Waals surface area contributed by atoms with Gasteiger partial charge >= 0.3 is 12.1 Å². The maximum absolute atomic E-state index is 12.8. The van der Waals surface area contributed by atoms with Crippen LogP contribution in [-0.2, 0) is 14.3 Å². The van der Waals surface area contributed by atoms with Crippen molar-refractivity contribution in [1.82, 2.24) is 15.2 Å². The van der Waals surface area contributed by atoms with Gasteiger partial charge in [0.2, 0.25) is 0 Å². The molecule has 2 aliphatic heterocycles. The Kier molecular flexibility index (Phi) is 5.30. The van der Waals surface area contributed by atoms with E-state index in [1.165, 1.54) is 16.2 Å². The SMILES string of the molecule is CC(C)(C)OC(=O)N[C@@H]1C(=O)N2C(C(=O)O)=C(c3csc(-c4ccccc4)n3)CC[C@H]12. The molecule has 2 N–H and O–H groups in total. The highest BCUT2D eigenvalue weighted by atomic mass is 32.1. The fraction of sp³-hybridized carbons (Fsp3) is 0.364. The number of fused-ring (bicyclic) bond motifs is 1. The number of allylic oxidation sites excluding steroid dienone is 1. The van der Waals surface area contributed by atoms with Crippen LogP contribution in [-0.4, -0.2) is 50.6 Å². The number of thiazole rings is 1. The molecule has 2 atom stereocenters. The van der Waals surface area contributed by atoms with Crippen molar-refractivity contribution in [3.05, 3.63) is 47.1 Å². The molecular weight excluding hydrogens is 418 g/mol. The zero-order valence-corrected chi connectivity index (χ0v) is 18.2. The number of carbonyl (C=O) groups excluding carboxylic acids is 2. The number of benzene rings is 1. The fourth-order valence-electron chi connectivity index (χ4n) is 3.87. The van der Waals surface area contributed by atoms with E-state index in [1.807, 2.05) is 35.7 Å². The summed E-state index contributed by atoms with van der Waals surface area (Å²) in [5, 5.41) is 15.1. The lowest BCUT2D eigenvalue weighted by Crippen LogP contribution is -2.71. The summed E-state index contributed by atoms with van der Waals surface area (Å²) in [6.45, 7) is 5.20. The summed E-state index contributed by atoms with van der Waals surface area (Å²) in [6, 6.07) is 8.43. The van der Waals surface area contributed by atoms with Gasteiger partial charge in [-0.15, -0.1) is 11.3 Å². The lowest BCUT2D eigenvalue weighted by atomic mass is 9.83. The average molecular weight is 442 g/mol. The number of carboxylic acids is 1. The maximum Gasteiger partial charge on any atom is 0.408 e. The first-order valence-corrected chi connectivity index (χ1v) is 10.8. The second-order valence-electron chi connectivity index (χ2n) is 8.47. The van der Waals surface area contributed by atoms with Gasteiger partial charge in [0.15, 0.2) is 0 Å². The minimum Gasteiger partial charge on any atom is -0.477 e. The minimum absolute atomic E-state index is 0.0617. The lowest BCUT2D eigenvalue weighted by molar-refractivity contribution is -0.153. The number of carboxylic acid groups (broad SMARTS) is 1. The van der Waals surface area contributed by atoms with E-state index in [2.05, 4.69) is 10.3 Å². The van der Waals surface area contributed by atoms with Gasteiger partial charge < -0.3 is 15.2 Å². The van der Waals surface area contributed by atoms with Crippen molar-refractivity contribution in [3.63, 3.8) is 0 Å². The fourth-order valence-corrected chi connectivity index (χ4v) is 4.71. The summed E-state index contributed by atoms with van der Waals surface area (Å²) in [7, 11) is 0. The van der Waals surface area contributed by atoms with Crippen LogP contribution in [0.5, 0.6) is 0 Å². The molecule has 2 amide bonds. The number of carbonyl (C=O) groups is 3. The maximum atomic E-state index is 12.8. The highest BCUT2D eigenvalue weighted by Crippen LogP contribution is 2.41. The van der Waals surface area contributed by atoms with E-state index in [0.29, 0.717) is 24.1 Å². The van der Waals surface area contributed by atoms with E-state index in [4.69, 9.17) is 4.74 Å². The molecule has 1 saturated heterocycles. The van der Waals surface area contributed by atoms with Gasteiger partial charge in [0, 0.05) is 16.5 Å². The van der Waals surface area contributed by atoms with Crippen LogP contribution in [0.15, 0.2) is 41.4 Å². The number of β-lactam (4-membered cyclic amide) rings is 1. The van der Waals surface area contributed by atoms with Crippen LogP contribution >= 0.6 is 11.3 Å². The summed E-state index contributed by atoms with van der Waals surface area (Å²) in [6.07, 6.45) is 0.279. The first-order chi connectivity index (χ1) is 14.7. The topological polar surface area (TPSA) is 109 Å². The highest BCUT2D eigenvalue weighted by Gasteiger charge is 2.54. The largest absolute Gasteiger partial charge is 0.477 e. The predicted octanol–water partition coefficient (Wildman–Crippen LogP) is 3.50. The van der Waals surface area contributed by atoms with Crippen LogP contribution in [0.25, 0.3) is 16.1 Å². The van der Waals surface area contributed by atoms with E-state index in [9.17, 15) is 19.5 Å². The van der Waals surface area contributed by atoms with Crippen LogP contribution < -0.4 is 5.32 Å². The van der Waals surface area contributed by atoms with E-state index in [1.54, 1.807) is 20.8 Å². The molecule has 0 aliphatic carbocycles. The molecule has 2 aliphatic rings. The van der Waals surface area contributed by atoms with Crippen LogP contribution in [0.3, 0.4) is 0 Å². The smallest absolute Gasteiger partial charge is 0.408 e. The van der Waals surface area contributed by atoms with Crippen molar-refractivity contribution >= 4 is 34.9 Å². The molecule has 8 nitrogen and oxygen atoms in total. The number of aromatic nitrogens is 1. The van der Waals surface area contributed by atoms with Crippen molar-refractivity contribution in [2.75, 3.05) is 0 Å². The average Bonchev–Trinajstić information content (AvgIpc) is 3.20. The molecule has 1 fully saturated rings. The monoisotopic (exact) mass is 441 g/mol. The molecule has 4 rings (SSSR count). The van der Waals surface area contributed by atoms with Crippen LogP contribution in [0.1, 0.15) is 39.3 Å². The zero-order valence-electron chi connectivity index (χ0n) is 17.4. The molecule has 9 heteroatoms. The molecule has 0 saturated carbocycles. The molecule has 0 bridgehead atoms. The third kappa shape index (κ3) is 4.05. The van der Waals surface area contributed by atoms with E-state index >= 15 is 0 Å². The van der Waals surface area contributed by atoms with Crippen molar-refractivity contribution in [1.29, 1.82) is 0 Å². The number of ether oxygens (including phenoxy) is 1. The van der Waals surface area contributed by atoms with Gasteiger partial charge in [-0.3, -0.25) is 9.69 Å². The van der Waals surface area contributed by atoms with E-state index in [-0.39, 0.29) is 5.70 Å². The summed E-state index contributed by atoms with van der Waals surface area (Å²) >= 11 is 1.43. The Hall–Kier alpha value is -3.20. The standard InChI is InChI=1S/C22H23N3O5S/c1-22(2,3)30-21(29)24-16-15-10-9-13(17(20(27)28)25(15)19(16)26)14-11-31-18(23-14)12-7-5-4-6-8-12/h4-8,11,15-16H,9-10H2,1-3H3,(H,24,29)(H,27,28)/t15-,16+/m1/s1. The van der Waals surface area contributed by atoms with E-state index < -0.39 is 35.7 Å². The predicted molar refractivity (Wildman–Crippen MR) is 115 cm³/mol. The number of nitrogens with one attached hydrogen (secondary N) is 1. The van der Waals surface area contributed by atoms with E-state index in [0.717, 1.165) is 10.6 Å². The molecule has 1 aromatic carbocycles. The first-order valence-electron chi connectivity index (χ1n) is 9.96. The van der Waals surface area contributed by atoms with Gasteiger partial charge in [0.1, 0.15) is 22.3 Å². The van der Waals surface area contributed by atoms with Gasteiger partial charge in [-0.1, -0.05) is 30.3 Å². The number of aliphatic carboxylic acids is 1. The van der Waals surface area contributed by atoms with Crippen molar-refractivity contribution in [3.8, 4) is 10.6 Å². The molecule has 0 radical (unpaired) electrons. The van der Waals surface area contributed by atoms with Crippen LogP contribution in [0, 0.1) is 0 Å². The number of alkyl carbamates (subject to hydrolysis) is 1. The third-order valence-electron chi connectivity index (χ3n) is 5.15. The Labute approximate surface area is 183 Å². The Morgan fingerprint density at radius 2 is 1.97 bits per heavy atom. The summed E-state index contributed by atoms with van der Waals surface area (Å²) in [4.78, 5) is 42.8. The minimum atomic E-state index is -1.18. The summed E-state index contributed by atoms with van der Waals surface area (Å²) < 4.78 is 5.22. The van der Waals surface area contributed by atoms with Gasteiger partial charge in [0.05, 0.1) is 11.7 Å². The highest BCUT2D eigenvalue weighted by molar-refractivity contribution is 7.13. The van der Waals surface area contributed by atoms with Crippen LogP contribution in [0.4, 0.5) is 4.79 Å². The van der Waals surface area contributed by atoms with Gasteiger partial charge in [-0.05, 0) is 33.6 Å². The molecule has 2 aromatic rings. The van der Waals surface area contributed by atoms with Crippen molar-refractivity contribution in [2.24, 2.45) is 0 Å². The Morgan fingerprint density at radius 1 is 1.26 bits per heavy atom. The Morgan fingerprint density at radius 3 is 2.61 bits per heavy atom. The number of rotatable bonds is 4. The molecule has 3 heterocycles. The number of hydrogen-bond acceptors (Lipinski definition) is 6. The number of hydrogen-bond donors (Lipinski definition) is 2. The Balaban J connectivity index is 1.58.